The van der Waals surface area contributed by atoms with Gasteiger partial charge in [-0.05, 0) is 94.3 Å². The van der Waals surface area contributed by atoms with Gasteiger partial charge in [-0.2, -0.15) is 0 Å². The molecular formula is C41H65NO8Si. The molecule has 0 N–H and O–H groups in total. The van der Waals surface area contributed by atoms with Crippen LogP contribution >= 0.6 is 0 Å². The van der Waals surface area contributed by atoms with Crippen LogP contribution in [-0.4, -0.2) is 67.9 Å². The number of allylic oxidation sites excluding steroid dienone is 3. The van der Waals surface area contributed by atoms with Gasteiger partial charge in [0, 0.05) is 35.5 Å². The summed E-state index contributed by atoms with van der Waals surface area (Å²) < 4.78 is 24.8. The third-order valence-corrected chi connectivity index (χ3v) is 18.5. The molecule has 1 amide bonds. The van der Waals surface area contributed by atoms with E-state index in [4.69, 9.17) is 18.6 Å². The van der Waals surface area contributed by atoms with Gasteiger partial charge in [-0.15, -0.1) is 0 Å². The third kappa shape index (κ3) is 6.78. The van der Waals surface area contributed by atoms with Crippen LogP contribution in [0.25, 0.3) is 0 Å². The summed E-state index contributed by atoms with van der Waals surface area (Å²) in [6.45, 7) is 29.6. The summed E-state index contributed by atoms with van der Waals surface area (Å²) in [4.78, 5) is 58.7. The number of ether oxygens (including phenoxy) is 3. The lowest BCUT2D eigenvalue weighted by Crippen LogP contribution is -2.66. The smallest absolute Gasteiger partial charge is 0.412 e. The molecule has 10 heteroatoms. The Bertz CT molecular complexity index is 1500. The molecule has 9 atom stereocenters. The minimum atomic E-state index is -2.24. The number of rotatable bonds is 7. The molecular weight excluding hydrogens is 663 g/mol. The van der Waals surface area contributed by atoms with E-state index in [0.29, 0.717) is 44.6 Å². The molecule has 4 fully saturated rings. The standard InChI is InChI=1S/C41H65NO8Si/c1-25-18-29-28(31(19-25)50-51(13,14)37(6,7)8)20-30(43)34-38(29,9)22-32(44)39(10,40(34,11)23-33(45)47-12)15-16-41-21-26(2)17-27(48-41)24-42(41)35(46)49-36(3,4)5/h19,26-29,34H,1,15-18,20-24H2,2-14H3/t26-,27+,28-,29+,34-,38-,39+,40-,41-/m0/s1. The topological polar surface area (TPSA) is 108 Å². The number of ketones is 2. The Balaban J connectivity index is 1.54. The average Bonchev–Trinajstić information content (AvgIpc) is 3.24. The number of likely N-dealkylation sites (tertiary alicyclic amines) is 1. The fraction of sp³-hybridized carbons (Fsp3) is 0.805. The molecule has 5 aliphatic rings. The van der Waals surface area contributed by atoms with Crippen LogP contribution in [0, 0.1) is 39.9 Å². The highest BCUT2D eigenvalue weighted by Gasteiger charge is 2.70. The van der Waals surface area contributed by atoms with Crippen molar-refractivity contribution < 1.29 is 37.8 Å². The van der Waals surface area contributed by atoms with Crippen molar-refractivity contribution in [2.45, 2.75) is 156 Å². The zero-order valence-corrected chi connectivity index (χ0v) is 34.7. The number of fused-ring (bicyclic) bond motifs is 5. The number of hydrogen-bond donors (Lipinski definition) is 0. The van der Waals surface area contributed by atoms with Gasteiger partial charge in [0.1, 0.15) is 22.9 Å². The second-order valence-corrected chi connectivity index (χ2v) is 24.7. The Morgan fingerprint density at radius 2 is 1.71 bits per heavy atom. The molecule has 2 bridgehead atoms. The van der Waals surface area contributed by atoms with Crippen LogP contribution in [0.15, 0.2) is 24.0 Å². The minimum absolute atomic E-state index is 0.0340. The van der Waals surface area contributed by atoms with Gasteiger partial charge in [0.05, 0.1) is 31.9 Å². The molecule has 51 heavy (non-hydrogen) atoms. The number of nitrogens with zero attached hydrogens (tertiary/aromatic N) is 1. The van der Waals surface area contributed by atoms with E-state index in [1.807, 2.05) is 40.7 Å². The van der Waals surface area contributed by atoms with Crippen molar-refractivity contribution in [2.75, 3.05) is 13.7 Å². The lowest BCUT2D eigenvalue weighted by atomic mass is 9.37. The molecule has 0 spiro atoms. The molecule has 3 aliphatic carbocycles. The Morgan fingerprint density at radius 1 is 1.06 bits per heavy atom. The first-order valence-corrected chi connectivity index (χ1v) is 22.0. The largest absolute Gasteiger partial charge is 0.546 e. The van der Waals surface area contributed by atoms with Gasteiger partial charge < -0.3 is 18.6 Å². The highest BCUT2D eigenvalue weighted by Crippen LogP contribution is 2.69. The summed E-state index contributed by atoms with van der Waals surface area (Å²) >= 11 is 0. The van der Waals surface area contributed by atoms with Gasteiger partial charge in [0.25, 0.3) is 0 Å². The first-order chi connectivity index (χ1) is 23.2. The number of hydrogen-bond acceptors (Lipinski definition) is 8. The molecule has 286 valence electrons. The molecule has 0 unspecified atom stereocenters. The Kier molecular flexibility index (Phi) is 10.0. The summed E-state index contributed by atoms with van der Waals surface area (Å²) in [5.74, 6) is 0.00598. The Morgan fingerprint density at radius 3 is 2.29 bits per heavy atom. The van der Waals surface area contributed by atoms with Gasteiger partial charge in [-0.1, -0.05) is 60.6 Å². The van der Waals surface area contributed by atoms with Crippen LogP contribution in [0.2, 0.25) is 18.1 Å². The van der Waals surface area contributed by atoms with Crippen molar-refractivity contribution in [3.05, 3.63) is 24.0 Å². The normalized spacial score (nSPS) is 38.5. The van der Waals surface area contributed by atoms with Crippen LogP contribution in [0.5, 0.6) is 0 Å². The second kappa shape index (κ2) is 12.8. The first-order valence-electron chi connectivity index (χ1n) is 19.1. The van der Waals surface area contributed by atoms with Crippen LogP contribution in [0.1, 0.15) is 121 Å². The van der Waals surface area contributed by atoms with E-state index in [-0.39, 0.29) is 47.4 Å². The fourth-order valence-corrected chi connectivity index (χ4v) is 11.5. The van der Waals surface area contributed by atoms with Crippen molar-refractivity contribution in [1.82, 2.24) is 4.90 Å². The SMILES string of the molecule is C=C1C=C(O[Si](C)(C)C(C)(C)C)[C@H]2CC(=O)[C@H]3[C@@](C)(CC(=O)[C@@](C)(CC[C@]45C[C@@H](C)C[C@H](CN4C(=O)OC(C)(C)C)O5)[C@@]3(C)CC(=O)OC)[C@@H]2C1. The van der Waals surface area contributed by atoms with Crippen molar-refractivity contribution in [3.8, 4) is 0 Å². The molecule has 2 saturated heterocycles. The number of carbonyl (C=O) groups is 4. The number of amides is 1. The lowest BCUT2D eigenvalue weighted by Gasteiger charge is -2.65. The van der Waals surface area contributed by atoms with Gasteiger partial charge in [0.2, 0.25) is 8.32 Å². The molecule has 0 radical (unpaired) electrons. The Labute approximate surface area is 307 Å². The number of Topliss-reactive ketones (excluding diaryl/α,β-unsaturated/α-hetero) is 2. The highest BCUT2D eigenvalue weighted by atomic mass is 28.4. The summed E-state index contributed by atoms with van der Waals surface area (Å²) in [5.41, 5.74) is -3.54. The van der Waals surface area contributed by atoms with E-state index in [0.717, 1.165) is 17.8 Å². The molecule has 5 rings (SSSR count). The van der Waals surface area contributed by atoms with Gasteiger partial charge in [0.15, 0.2) is 0 Å². The van der Waals surface area contributed by atoms with Gasteiger partial charge in [-0.3, -0.25) is 19.3 Å². The quantitative estimate of drug-likeness (QED) is 0.189. The molecule has 0 aromatic carbocycles. The van der Waals surface area contributed by atoms with E-state index in [9.17, 15) is 14.4 Å². The zero-order valence-electron chi connectivity index (χ0n) is 33.7. The van der Waals surface area contributed by atoms with Crippen LogP contribution in [-0.2, 0) is 33.0 Å². The lowest BCUT2D eigenvalue weighted by molar-refractivity contribution is -0.194. The number of esters is 1. The van der Waals surface area contributed by atoms with E-state index < -0.39 is 53.9 Å². The molecule has 0 aromatic heterocycles. The minimum Gasteiger partial charge on any atom is -0.546 e. The van der Waals surface area contributed by atoms with Crippen molar-refractivity contribution in [2.24, 2.45) is 39.9 Å². The molecule has 2 saturated carbocycles. The number of methoxy groups -OCH3 is 1. The molecule has 2 heterocycles. The average molecular weight is 728 g/mol. The molecule has 2 aliphatic heterocycles. The maximum absolute atomic E-state index is 15.0. The zero-order chi connectivity index (χ0) is 38.3. The van der Waals surface area contributed by atoms with E-state index in [2.05, 4.69) is 54.3 Å². The summed E-state index contributed by atoms with van der Waals surface area (Å²) in [6.07, 6.45) is 4.79. The maximum atomic E-state index is 15.0. The van der Waals surface area contributed by atoms with Crippen molar-refractivity contribution in [3.63, 3.8) is 0 Å². The van der Waals surface area contributed by atoms with Crippen LogP contribution in [0.3, 0.4) is 0 Å². The predicted octanol–water partition coefficient (Wildman–Crippen LogP) is 8.77. The van der Waals surface area contributed by atoms with Crippen LogP contribution in [0.4, 0.5) is 4.79 Å². The van der Waals surface area contributed by atoms with Gasteiger partial charge >= 0.3 is 12.1 Å². The van der Waals surface area contributed by atoms with Crippen molar-refractivity contribution in [1.29, 1.82) is 0 Å². The van der Waals surface area contributed by atoms with E-state index in [1.54, 1.807) is 4.90 Å². The summed E-state index contributed by atoms with van der Waals surface area (Å²) in [5, 5.41) is -0.0350. The van der Waals surface area contributed by atoms with Gasteiger partial charge in [-0.25, -0.2) is 4.79 Å². The predicted molar refractivity (Wildman–Crippen MR) is 199 cm³/mol. The van der Waals surface area contributed by atoms with E-state index in [1.165, 1.54) is 7.11 Å². The summed E-state index contributed by atoms with van der Waals surface area (Å²) in [7, 11) is -0.884. The fourth-order valence-electron chi connectivity index (χ4n) is 10.4. The molecule has 9 nitrogen and oxygen atoms in total. The van der Waals surface area contributed by atoms with E-state index >= 15 is 4.79 Å². The highest BCUT2D eigenvalue weighted by molar-refractivity contribution is 6.74. The van der Waals surface area contributed by atoms with Crippen LogP contribution < -0.4 is 0 Å². The van der Waals surface area contributed by atoms with Crippen molar-refractivity contribution >= 4 is 31.9 Å². The molecule has 0 aromatic rings. The maximum Gasteiger partial charge on any atom is 0.412 e. The summed E-state index contributed by atoms with van der Waals surface area (Å²) in [6, 6.07) is 0. The second-order valence-electron chi connectivity index (χ2n) is 20.0. The Hall–Kier alpha value is -2.46. The third-order valence-electron chi connectivity index (χ3n) is 14.1. The number of carbonyl (C=O) groups excluding carboxylic acids is 4. The first kappa shape index (κ1) is 39.7. The monoisotopic (exact) mass is 727 g/mol.